The number of rotatable bonds is 24. The monoisotopic (exact) mass is 517 g/mol. The highest BCUT2D eigenvalue weighted by Crippen LogP contribution is 2.19. The predicted octanol–water partition coefficient (Wildman–Crippen LogP) is 5.70. The molecule has 2 rings (SSSR count). The van der Waals surface area contributed by atoms with E-state index in [2.05, 4.69) is 31.2 Å². The Labute approximate surface area is 223 Å². The Morgan fingerprint density at radius 2 is 1.05 bits per heavy atom. The van der Waals surface area contributed by atoms with Crippen LogP contribution in [0.15, 0.2) is 48.5 Å². The minimum atomic E-state index is 0.452. The molecule has 7 nitrogen and oxygen atoms in total. The van der Waals surface area contributed by atoms with E-state index in [0.29, 0.717) is 77.5 Å². The average molecular weight is 518 g/mol. The second-order valence-electron chi connectivity index (χ2n) is 8.85. The molecule has 0 aliphatic rings. The van der Waals surface area contributed by atoms with Gasteiger partial charge in [0.1, 0.15) is 24.7 Å². The number of anilines is 1. The van der Waals surface area contributed by atoms with Crippen LogP contribution in [0.4, 0.5) is 5.69 Å². The number of unbranched alkanes of at least 4 members (excludes halogenated alkanes) is 5. The second-order valence-corrected chi connectivity index (χ2v) is 8.85. The van der Waals surface area contributed by atoms with E-state index in [-0.39, 0.29) is 0 Å². The third-order valence-electron chi connectivity index (χ3n) is 5.76. The van der Waals surface area contributed by atoms with Gasteiger partial charge in [-0.15, -0.1) is 0 Å². The number of nitrogens with two attached hydrogens (primary N) is 1. The Morgan fingerprint density at radius 3 is 1.65 bits per heavy atom. The number of hydrogen-bond acceptors (Lipinski definition) is 7. The zero-order valence-electron chi connectivity index (χ0n) is 22.7. The van der Waals surface area contributed by atoms with Gasteiger partial charge in [-0.25, -0.2) is 0 Å². The summed E-state index contributed by atoms with van der Waals surface area (Å²) in [5.41, 5.74) is 7.83. The maximum atomic E-state index is 5.82. The van der Waals surface area contributed by atoms with E-state index in [4.69, 9.17) is 34.2 Å². The molecule has 0 atom stereocenters. The molecule has 0 saturated heterocycles. The van der Waals surface area contributed by atoms with Gasteiger partial charge in [-0.05, 0) is 42.7 Å². The Kier molecular flexibility index (Phi) is 18.2. The Morgan fingerprint density at radius 1 is 0.541 bits per heavy atom. The lowest BCUT2D eigenvalue weighted by molar-refractivity contribution is -0.00697. The van der Waals surface area contributed by atoms with Crippen LogP contribution in [-0.4, -0.2) is 66.1 Å². The minimum absolute atomic E-state index is 0.452. The Balaban J connectivity index is 1.30. The van der Waals surface area contributed by atoms with Gasteiger partial charge >= 0.3 is 0 Å². The zero-order valence-corrected chi connectivity index (χ0v) is 22.7. The number of hydrogen-bond donors (Lipinski definition) is 1. The fourth-order valence-electron chi connectivity index (χ4n) is 3.66. The lowest BCUT2D eigenvalue weighted by Gasteiger charge is -2.10. The van der Waals surface area contributed by atoms with Crippen molar-refractivity contribution in [1.29, 1.82) is 0 Å². The van der Waals surface area contributed by atoms with Crippen LogP contribution in [0.3, 0.4) is 0 Å². The van der Waals surface area contributed by atoms with Gasteiger partial charge in [0.15, 0.2) is 0 Å². The maximum absolute atomic E-state index is 5.82. The fraction of sp³-hybridized carbons (Fsp3) is 0.600. The molecule has 0 aromatic heterocycles. The summed E-state index contributed by atoms with van der Waals surface area (Å²) < 4.78 is 33.4. The molecule has 2 N–H and O–H groups in total. The van der Waals surface area contributed by atoms with Crippen LogP contribution >= 0.6 is 0 Å². The van der Waals surface area contributed by atoms with E-state index in [1.165, 1.54) is 44.1 Å². The summed E-state index contributed by atoms with van der Waals surface area (Å²) in [7, 11) is 0. The molecule has 0 aliphatic heterocycles. The van der Waals surface area contributed by atoms with Gasteiger partial charge in [0.2, 0.25) is 0 Å². The molecule has 0 bridgehead atoms. The van der Waals surface area contributed by atoms with Crippen molar-refractivity contribution >= 4 is 5.69 Å². The topological polar surface area (TPSA) is 81.4 Å². The molecule has 0 saturated carbocycles. The first kappa shape index (κ1) is 30.9. The van der Waals surface area contributed by atoms with Crippen molar-refractivity contribution in [3.05, 3.63) is 54.1 Å². The van der Waals surface area contributed by atoms with Crippen LogP contribution in [0.25, 0.3) is 0 Å². The lowest BCUT2D eigenvalue weighted by atomic mass is 10.0. The van der Waals surface area contributed by atoms with Crippen molar-refractivity contribution in [3.8, 4) is 11.5 Å². The molecule has 7 heteroatoms. The van der Waals surface area contributed by atoms with Crippen molar-refractivity contribution in [2.45, 2.75) is 51.9 Å². The third-order valence-corrected chi connectivity index (χ3v) is 5.76. The summed E-state index contributed by atoms with van der Waals surface area (Å²) >= 11 is 0. The molecule has 0 fully saturated rings. The number of para-hydroxylation sites is 2. The van der Waals surface area contributed by atoms with Gasteiger partial charge < -0.3 is 34.2 Å². The fourth-order valence-corrected chi connectivity index (χ4v) is 3.66. The molecule has 0 heterocycles. The normalized spacial score (nSPS) is 11.1. The van der Waals surface area contributed by atoms with Gasteiger partial charge in [-0.3, -0.25) is 0 Å². The number of aryl methyl sites for hydroxylation is 1. The Bertz CT molecular complexity index is 786. The second kappa shape index (κ2) is 21.7. The summed E-state index contributed by atoms with van der Waals surface area (Å²) in [4.78, 5) is 0. The largest absolute Gasteiger partial charge is 0.491 e. The summed E-state index contributed by atoms with van der Waals surface area (Å²) in [6, 6.07) is 15.9. The lowest BCUT2D eigenvalue weighted by Crippen LogP contribution is -2.14. The highest BCUT2D eigenvalue weighted by molar-refractivity contribution is 5.51. The molecule has 0 radical (unpaired) electrons. The maximum Gasteiger partial charge on any atom is 0.142 e. The van der Waals surface area contributed by atoms with E-state index < -0.39 is 0 Å². The number of benzene rings is 2. The van der Waals surface area contributed by atoms with Crippen molar-refractivity contribution in [3.63, 3.8) is 0 Å². The van der Waals surface area contributed by atoms with E-state index in [1.54, 1.807) is 0 Å². The molecule has 2 aromatic carbocycles. The third kappa shape index (κ3) is 16.2. The van der Waals surface area contributed by atoms with E-state index >= 15 is 0 Å². The number of ether oxygens (including phenoxy) is 6. The molecule has 0 amide bonds. The highest BCUT2D eigenvalue weighted by atomic mass is 16.6. The van der Waals surface area contributed by atoms with Crippen molar-refractivity contribution in [2.24, 2.45) is 0 Å². The van der Waals surface area contributed by atoms with Crippen LogP contribution in [-0.2, 0) is 25.4 Å². The molecule has 0 spiro atoms. The van der Waals surface area contributed by atoms with Crippen LogP contribution in [0.1, 0.15) is 51.0 Å². The van der Waals surface area contributed by atoms with E-state index in [0.717, 1.165) is 12.2 Å². The molecular weight excluding hydrogens is 470 g/mol. The first-order valence-electron chi connectivity index (χ1n) is 13.8. The SMILES string of the molecule is CCCCCCCCc1ccc(OCCOCCOCCOCCOCCOc2ccccc2N)cc1. The summed E-state index contributed by atoms with van der Waals surface area (Å²) in [6.07, 6.45) is 9.12. The molecular formula is C30H47NO6. The molecule has 0 unspecified atom stereocenters. The quantitative estimate of drug-likeness (QED) is 0.141. The van der Waals surface area contributed by atoms with Crippen LogP contribution < -0.4 is 15.2 Å². The van der Waals surface area contributed by atoms with Gasteiger partial charge in [0, 0.05) is 0 Å². The molecule has 0 aliphatic carbocycles. The summed E-state index contributed by atoms with van der Waals surface area (Å²) in [5.74, 6) is 1.57. The van der Waals surface area contributed by atoms with Gasteiger partial charge in [0.25, 0.3) is 0 Å². The molecule has 2 aromatic rings. The van der Waals surface area contributed by atoms with Crippen molar-refractivity contribution < 1.29 is 28.4 Å². The number of nitrogen functional groups attached to an aromatic ring is 1. The van der Waals surface area contributed by atoms with E-state index in [1.807, 2.05) is 24.3 Å². The molecule has 208 valence electrons. The smallest absolute Gasteiger partial charge is 0.142 e. The Hall–Kier alpha value is -2.32. The van der Waals surface area contributed by atoms with Gasteiger partial charge in [-0.1, -0.05) is 63.3 Å². The zero-order chi connectivity index (χ0) is 26.2. The standard InChI is InChI=1S/C30H47NO6/c1-2-3-4-5-6-7-10-27-13-15-28(16-14-27)36-25-23-34-21-19-32-17-18-33-20-22-35-24-26-37-30-12-9-8-11-29(30)31/h8-9,11-16H,2-7,10,17-26,31H2,1H3. The highest BCUT2D eigenvalue weighted by Gasteiger charge is 1.99. The van der Waals surface area contributed by atoms with Crippen molar-refractivity contribution in [1.82, 2.24) is 0 Å². The average Bonchev–Trinajstić information content (AvgIpc) is 2.92. The van der Waals surface area contributed by atoms with Gasteiger partial charge in [-0.2, -0.15) is 0 Å². The first-order chi connectivity index (χ1) is 18.3. The van der Waals surface area contributed by atoms with Crippen LogP contribution in [0.2, 0.25) is 0 Å². The van der Waals surface area contributed by atoms with Crippen LogP contribution in [0.5, 0.6) is 11.5 Å². The van der Waals surface area contributed by atoms with Crippen LogP contribution in [0, 0.1) is 0 Å². The minimum Gasteiger partial charge on any atom is -0.491 e. The van der Waals surface area contributed by atoms with Gasteiger partial charge in [0.05, 0.1) is 58.5 Å². The molecule has 37 heavy (non-hydrogen) atoms. The predicted molar refractivity (Wildman–Crippen MR) is 149 cm³/mol. The van der Waals surface area contributed by atoms with Crippen molar-refractivity contribution in [2.75, 3.05) is 71.8 Å². The van der Waals surface area contributed by atoms with E-state index in [9.17, 15) is 0 Å². The summed E-state index contributed by atoms with van der Waals surface area (Å²) in [5, 5.41) is 0. The first-order valence-corrected chi connectivity index (χ1v) is 13.8. The summed E-state index contributed by atoms with van der Waals surface area (Å²) in [6.45, 7) is 7.42.